The first-order valence-electron chi connectivity index (χ1n) is 7.73. The minimum atomic E-state index is -5.08. The molecule has 0 saturated carbocycles. The van der Waals surface area contributed by atoms with Crippen molar-refractivity contribution < 1.29 is 41.0 Å². The van der Waals surface area contributed by atoms with Crippen LogP contribution < -0.4 is 5.32 Å². The van der Waals surface area contributed by atoms with E-state index < -0.39 is 30.3 Å². The van der Waals surface area contributed by atoms with E-state index in [0.717, 1.165) is 4.90 Å². The van der Waals surface area contributed by atoms with Gasteiger partial charge in [0.2, 0.25) is 0 Å². The quantitative estimate of drug-likeness (QED) is 0.700. The molecule has 13 heteroatoms. The summed E-state index contributed by atoms with van der Waals surface area (Å²) in [4.78, 5) is 26.3. The van der Waals surface area contributed by atoms with E-state index in [1.807, 2.05) is 0 Å². The fourth-order valence-electron chi connectivity index (χ4n) is 2.51. The number of nitrogens with zero attached hydrogens (tertiary/aromatic N) is 3. The predicted molar refractivity (Wildman–Crippen MR) is 82.6 cm³/mol. The van der Waals surface area contributed by atoms with Gasteiger partial charge in [-0.1, -0.05) is 6.07 Å². The molecule has 1 aliphatic rings. The first-order valence-corrected chi connectivity index (χ1v) is 7.73. The number of rotatable bonds is 1. The van der Waals surface area contributed by atoms with Crippen LogP contribution in [0.1, 0.15) is 10.5 Å². The van der Waals surface area contributed by atoms with Crippen LogP contribution in [0.25, 0.3) is 5.65 Å². The molecule has 0 aromatic carbocycles. The van der Waals surface area contributed by atoms with Crippen LogP contribution in [0.3, 0.4) is 0 Å². The van der Waals surface area contributed by atoms with Crippen molar-refractivity contribution in [3.63, 3.8) is 0 Å². The number of pyridine rings is 1. The number of aromatic nitrogens is 2. The zero-order valence-corrected chi connectivity index (χ0v) is 14.0. The molecule has 1 atom stereocenters. The van der Waals surface area contributed by atoms with Gasteiger partial charge in [0.05, 0.1) is 0 Å². The Bertz CT molecular complexity index is 848. The fourth-order valence-corrected chi connectivity index (χ4v) is 2.51. The molecule has 1 fully saturated rings. The van der Waals surface area contributed by atoms with E-state index in [2.05, 4.69) is 10.3 Å². The highest BCUT2D eigenvalue weighted by Crippen LogP contribution is 2.27. The number of nitrogens with one attached hydrogen (secondary N) is 1. The number of alkyl halides is 6. The lowest BCUT2D eigenvalue weighted by molar-refractivity contribution is -0.192. The van der Waals surface area contributed by atoms with Crippen molar-refractivity contribution in [1.82, 2.24) is 19.6 Å². The van der Waals surface area contributed by atoms with Crippen molar-refractivity contribution in [2.45, 2.75) is 18.4 Å². The molecule has 0 radical (unpaired) electrons. The molecule has 1 unspecified atom stereocenters. The van der Waals surface area contributed by atoms with Gasteiger partial charge in [-0.15, -0.1) is 0 Å². The maximum absolute atomic E-state index is 13.1. The summed E-state index contributed by atoms with van der Waals surface area (Å²) < 4.78 is 72.4. The van der Waals surface area contributed by atoms with Crippen LogP contribution in [0.5, 0.6) is 0 Å². The van der Waals surface area contributed by atoms with Crippen LogP contribution >= 0.6 is 0 Å². The Hall–Kier alpha value is -2.83. The lowest BCUT2D eigenvalue weighted by Crippen LogP contribution is -2.59. The van der Waals surface area contributed by atoms with Crippen LogP contribution in [0.2, 0.25) is 0 Å². The largest absolute Gasteiger partial charge is 0.490 e. The van der Waals surface area contributed by atoms with E-state index in [1.54, 1.807) is 18.3 Å². The lowest BCUT2D eigenvalue weighted by atomic mass is 10.1. The SMILES string of the molecule is O=C(O)C(F)(F)F.O=C(c1cccc2nccn12)N1CCNCC1C(F)(F)F. The highest BCUT2D eigenvalue weighted by atomic mass is 19.4. The first-order chi connectivity index (χ1) is 12.9. The lowest BCUT2D eigenvalue weighted by Gasteiger charge is -2.37. The van der Waals surface area contributed by atoms with Gasteiger partial charge < -0.3 is 15.3 Å². The highest BCUT2D eigenvalue weighted by Gasteiger charge is 2.46. The zero-order chi connectivity index (χ0) is 21.1. The van der Waals surface area contributed by atoms with Gasteiger partial charge in [0.25, 0.3) is 5.91 Å². The van der Waals surface area contributed by atoms with E-state index >= 15 is 0 Å². The number of carbonyl (C=O) groups is 2. The van der Waals surface area contributed by atoms with Crippen molar-refractivity contribution in [2.24, 2.45) is 0 Å². The molecule has 0 spiro atoms. The van der Waals surface area contributed by atoms with Gasteiger partial charge in [-0.2, -0.15) is 26.3 Å². The molecular weight excluding hydrogens is 398 g/mol. The van der Waals surface area contributed by atoms with E-state index in [1.165, 1.54) is 16.7 Å². The minimum absolute atomic E-state index is 0.0219. The van der Waals surface area contributed by atoms with Crippen LogP contribution in [0.15, 0.2) is 30.6 Å². The van der Waals surface area contributed by atoms with E-state index in [4.69, 9.17) is 9.90 Å². The number of halogens is 6. The Labute approximate surface area is 153 Å². The maximum atomic E-state index is 13.1. The third-order valence-electron chi connectivity index (χ3n) is 3.77. The summed E-state index contributed by atoms with van der Waals surface area (Å²) in [6.07, 6.45) is -6.47. The number of piperazine rings is 1. The van der Waals surface area contributed by atoms with Crippen molar-refractivity contribution in [2.75, 3.05) is 19.6 Å². The van der Waals surface area contributed by atoms with E-state index in [9.17, 15) is 31.1 Å². The first kappa shape index (κ1) is 21.5. The van der Waals surface area contributed by atoms with Gasteiger partial charge in [0.1, 0.15) is 17.4 Å². The van der Waals surface area contributed by atoms with Crippen LogP contribution in [0.4, 0.5) is 26.3 Å². The molecular formula is C15H14F6N4O3. The molecule has 2 aromatic heterocycles. The minimum Gasteiger partial charge on any atom is -0.475 e. The average Bonchev–Trinajstić information content (AvgIpc) is 3.09. The highest BCUT2D eigenvalue weighted by molar-refractivity contribution is 5.93. The second kappa shape index (κ2) is 8.04. The molecule has 0 aliphatic carbocycles. The molecule has 1 aliphatic heterocycles. The molecule has 0 bridgehead atoms. The van der Waals surface area contributed by atoms with Gasteiger partial charge in [0.15, 0.2) is 0 Å². The Morgan fingerprint density at radius 1 is 1.18 bits per heavy atom. The van der Waals surface area contributed by atoms with Crippen molar-refractivity contribution in [3.05, 3.63) is 36.3 Å². The van der Waals surface area contributed by atoms with Crippen LogP contribution in [0, 0.1) is 0 Å². The molecule has 2 N–H and O–H groups in total. The number of amides is 1. The molecule has 2 aromatic rings. The molecule has 154 valence electrons. The molecule has 28 heavy (non-hydrogen) atoms. The second-order valence-corrected chi connectivity index (χ2v) is 5.63. The number of hydrogen-bond donors (Lipinski definition) is 2. The summed E-state index contributed by atoms with van der Waals surface area (Å²) in [5, 5.41) is 9.80. The summed E-state index contributed by atoms with van der Waals surface area (Å²) in [6.45, 7) is 0.0848. The predicted octanol–water partition coefficient (Wildman–Crippen LogP) is 1.94. The third kappa shape index (κ3) is 4.91. The number of carboxylic acid groups (broad SMARTS) is 1. The topological polar surface area (TPSA) is 86.9 Å². The normalized spacial score (nSPS) is 17.8. The Kier molecular flexibility index (Phi) is 6.17. The monoisotopic (exact) mass is 412 g/mol. The number of aliphatic carboxylic acids is 1. The van der Waals surface area contributed by atoms with E-state index in [0.29, 0.717) is 12.2 Å². The second-order valence-electron chi connectivity index (χ2n) is 5.63. The summed E-state index contributed by atoms with van der Waals surface area (Å²) in [5.41, 5.74) is 0.709. The third-order valence-corrected chi connectivity index (χ3v) is 3.77. The zero-order valence-electron chi connectivity index (χ0n) is 14.0. The van der Waals surface area contributed by atoms with Crippen molar-refractivity contribution in [3.8, 4) is 0 Å². The summed E-state index contributed by atoms with van der Waals surface area (Å²) in [5.74, 6) is -3.39. The average molecular weight is 412 g/mol. The smallest absolute Gasteiger partial charge is 0.475 e. The number of imidazole rings is 1. The van der Waals surface area contributed by atoms with Gasteiger partial charge in [-0.3, -0.25) is 9.20 Å². The molecule has 1 amide bonds. The molecule has 3 rings (SSSR count). The fraction of sp³-hybridized carbons (Fsp3) is 0.400. The standard InChI is InChI=1S/C13H13F3N4O.C2HF3O2/c14-13(15,16)10-8-17-4-6-20(10)12(21)9-2-1-3-11-18-5-7-19(9)11;3-2(4,5)1(6)7/h1-3,5,7,10,17H,4,6,8H2;(H,6,7). The Morgan fingerprint density at radius 2 is 1.82 bits per heavy atom. The van der Waals surface area contributed by atoms with E-state index in [-0.39, 0.29) is 18.8 Å². The summed E-state index contributed by atoms with van der Waals surface area (Å²) in [7, 11) is 0. The Morgan fingerprint density at radius 3 is 2.39 bits per heavy atom. The van der Waals surface area contributed by atoms with Crippen molar-refractivity contribution >= 4 is 17.5 Å². The van der Waals surface area contributed by atoms with Gasteiger partial charge >= 0.3 is 18.3 Å². The van der Waals surface area contributed by atoms with Gasteiger partial charge in [0, 0.05) is 32.0 Å². The molecule has 1 saturated heterocycles. The summed E-state index contributed by atoms with van der Waals surface area (Å²) in [6, 6.07) is 3.00. The van der Waals surface area contributed by atoms with Crippen LogP contribution in [-0.2, 0) is 4.79 Å². The maximum Gasteiger partial charge on any atom is 0.490 e. The number of fused-ring (bicyclic) bond motifs is 1. The van der Waals surface area contributed by atoms with Gasteiger partial charge in [-0.25, -0.2) is 9.78 Å². The number of hydrogen-bond acceptors (Lipinski definition) is 4. The van der Waals surface area contributed by atoms with Crippen LogP contribution in [-0.4, -0.2) is 69.3 Å². The summed E-state index contributed by atoms with van der Waals surface area (Å²) >= 11 is 0. The van der Waals surface area contributed by atoms with Gasteiger partial charge in [-0.05, 0) is 12.1 Å². The molecule has 3 heterocycles. The van der Waals surface area contributed by atoms with Crippen molar-refractivity contribution in [1.29, 1.82) is 0 Å². The number of carbonyl (C=O) groups excluding carboxylic acids is 1. The number of carboxylic acids is 1. The Balaban J connectivity index is 0.000000345. The molecule has 7 nitrogen and oxygen atoms in total.